The average molecular weight is 224 g/mol. The van der Waals surface area contributed by atoms with Crippen molar-refractivity contribution in [2.75, 3.05) is 0 Å². The first-order chi connectivity index (χ1) is 8.36. The normalized spacial score (nSPS) is 10.9. The van der Waals surface area contributed by atoms with Gasteiger partial charge < -0.3 is 10.7 Å². The topological polar surface area (TPSA) is 67.6 Å². The lowest BCUT2D eigenvalue weighted by Crippen LogP contribution is -1.95. The number of H-pyrrole nitrogens is 1. The molecule has 0 saturated carbocycles. The van der Waals surface area contributed by atoms with Crippen LogP contribution in [0.2, 0.25) is 0 Å². The lowest BCUT2D eigenvalue weighted by molar-refractivity contribution is 1.07. The van der Waals surface area contributed by atoms with E-state index in [1.807, 2.05) is 30.3 Å². The second-order valence-electron chi connectivity index (χ2n) is 3.88. The van der Waals surface area contributed by atoms with Crippen LogP contribution in [0.25, 0.3) is 22.4 Å². The molecule has 0 saturated heterocycles. The molecule has 3 rings (SSSR count). The molecule has 4 heteroatoms. The van der Waals surface area contributed by atoms with Crippen molar-refractivity contribution in [2.24, 2.45) is 5.73 Å². The fraction of sp³-hybridized carbons (Fsp3) is 0.0769. The van der Waals surface area contributed by atoms with E-state index >= 15 is 0 Å². The molecule has 0 amide bonds. The van der Waals surface area contributed by atoms with Gasteiger partial charge in [0.05, 0.1) is 11.0 Å². The number of fused-ring (bicyclic) bond motifs is 1. The fourth-order valence-corrected chi connectivity index (χ4v) is 1.82. The van der Waals surface area contributed by atoms with Crippen LogP contribution in [-0.2, 0) is 6.54 Å². The minimum atomic E-state index is 0.539. The molecule has 0 unspecified atom stereocenters. The molecule has 1 aromatic carbocycles. The Hall–Kier alpha value is -2.20. The average Bonchev–Trinajstić information content (AvgIpc) is 2.82. The summed E-state index contributed by atoms with van der Waals surface area (Å²) >= 11 is 0. The van der Waals surface area contributed by atoms with Gasteiger partial charge in [0.25, 0.3) is 0 Å². The summed E-state index contributed by atoms with van der Waals surface area (Å²) in [5.41, 5.74) is 9.65. The van der Waals surface area contributed by atoms with Crippen LogP contribution in [0.4, 0.5) is 0 Å². The van der Waals surface area contributed by atoms with Gasteiger partial charge in [-0.15, -0.1) is 0 Å². The first kappa shape index (κ1) is 9.99. The summed E-state index contributed by atoms with van der Waals surface area (Å²) in [5.74, 6) is 0.835. The van der Waals surface area contributed by atoms with Crippen molar-refractivity contribution in [1.29, 1.82) is 0 Å². The van der Waals surface area contributed by atoms with Crippen LogP contribution in [0.15, 0.2) is 42.7 Å². The molecule has 17 heavy (non-hydrogen) atoms. The van der Waals surface area contributed by atoms with E-state index in [1.54, 1.807) is 12.4 Å². The number of rotatable bonds is 2. The van der Waals surface area contributed by atoms with Gasteiger partial charge in [0, 0.05) is 24.5 Å². The zero-order chi connectivity index (χ0) is 11.7. The Morgan fingerprint density at radius 2 is 2.18 bits per heavy atom. The van der Waals surface area contributed by atoms with Gasteiger partial charge in [-0.25, -0.2) is 4.98 Å². The Bertz CT molecular complexity index is 643. The number of hydrogen-bond donors (Lipinski definition) is 2. The van der Waals surface area contributed by atoms with Gasteiger partial charge in [-0.2, -0.15) is 0 Å². The van der Waals surface area contributed by atoms with Crippen molar-refractivity contribution in [3.05, 3.63) is 48.3 Å². The summed E-state index contributed by atoms with van der Waals surface area (Å²) < 4.78 is 0. The monoisotopic (exact) mass is 224 g/mol. The van der Waals surface area contributed by atoms with E-state index in [0.717, 1.165) is 28.0 Å². The SMILES string of the molecule is NCc1ccc2nc(-c3cccnc3)[nH]c2c1. The van der Waals surface area contributed by atoms with Crippen molar-refractivity contribution in [2.45, 2.75) is 6.54 Å². The summed E-state index contributed by atoms with van der Waals surface area (Å²) in [6, 6.07) is 9.88. The molecule has 3 N–H and O–H groups in total. The van der Waals surface area contributed by atoms with Gasteiger partial charge in [0.15, 0.2) is 0 Å². The van der Waals surface area contributed by atoms with Gasteiger partial charge in [0.1, 0.15) is 5.82 Å². The Morgan fingerprint density at radius 1 is 1.24 bits per heavy atom. The van der Waals surface area contributed by atoms with E-state index < -0.39 is 0 Å². The highest BCUT2D eigenvalue weighted by Crippen LogP contribution is 2.20. The van der Waals surface area contributed by atoms with Crippen molar-refractivity contribution < 1.29 is 0 Å². The van der Waals surface area contributed by atoms with Crippen molar-refractivity contribution in [3.63, 3.8) is 0 Å². The number of hydrogen-bond acceptors (Lipinski definition) is 3. The smallest absolute Gasteiger partial charge is 0.140 e. The maximum Gasteiger partial charge on any atom is 0.140 e. The first-order valence-corrected chi connectivity index (χ1v) is 5.46. The summed E-state index contributed by atoms with van der Waals surface area (Å²) in [4.78, 5) is 11.9. The maximum atomic E-state index is 5.61. The van der Waals surface area contributed by atoms with Crippen molar-refractivity contribution >= 4 is 11.0 Å². The third-order valence-corrected chi connectivity index (χ3v) is 2.72. The molecule has 0 aliphatic rings. The number of aromatic amines is 1. The molecule has 0 aliphatic carbocycles. The Balaban J connectivity index is 2.14. The molecule has 84 valence electrons. The maximum absolute atomic E-state index is 5.61. The third-order valence-electron chi connectivity index (χ3n) is 2.72. The summed E-state index contributed by atoms with van der Waals surface area (Å²) in [7, 11) is 0. The zero-order valence-corrected chi connectivity index (χ0v) is 9.22. The summed E-state index contributed by atoms with van der Waals surface area (Å²) in [6.45, 7) is 0.539. The quantitative estimate of drug-likeness (QED) is 0.700. The largest absolute Gasteiger partial charge is 0.338 e. The van der Waals surface area contributed by atoms with Gasteiger partial charge >= 0.3 is 0 Å². The second-order valence-corrected chi connectivity index (χ2v) is 3.88. The minimum Gasteiger partial charge on any atom is -0.338 e. The molecular formula is C13H12N4. The van der Waals surface area contributed by atoms with Crippen LogP contribution in [-0.4, -0.2) is 15.0 Å². The Morgan fingerprint density at radius 3 is 2.94 bits per heavy atom. The van der Waals surface area contributed by atoms with Crippen molar-refractivity contribution in [1.82, 2.24) is 15.0 Å². The van der Waals surface area contributed by atoms with E-state index in [-0.39, 0.29) is 0 Å². The van der Waals surface area contributed by atoms with Crippen LogP contribution in [0.5, 0.6) is 0 Å². The lowest BCUT2D eigenvalue weighted by Gasteiger charge is -1.94. The predicted molar refractivity (Wildman–Crippen MR) is 67.2 cm³/mol. The number of aromatic nitrogens is 3. The number of imidazole rings is 1. The van der Waals surface area contributed by atoms with Crippen molar-refractivity contribution in [3.8, 4) is 11.4 Å². The van der Waals surface area contributed by atoms with E-state index in [1.165, 1.54) is 0 Å². The number of pyridine rings is 1. The standard InChI is InChI=1S/C13H12N4/c14-7-9-3-4-11-12(6-9)17-13(16-11)10-2-1-5-15-8-10/h1-6,8H,7,14H2,(H,16,17). The molecule has 0 fully saturated rings. The van der Waals surface area contributed by atoms with E-state index in [2.05, 4.69) is 15.0 Å². The molecule has 2 aromatic heterocycles. The Labute approximate surface area is 98.5 Å². The molecule has 0 bridgehead atoms. The highest BCUT2D eigenvalue weighted by atomic mass is 14.9. The highest BCUT2D eigenvalue weighted by molar-refractivity contribution is 5.79. The molecule has 0 aliphatic heterocycles. The lowest BCUT2D eigenvalue weighted by atomic mass is 10.2. The van der Waals surface area contributed by atoms with E-state index in [4.69, 9.17) is 5.73 Å². The van der Waals surface area contributed by atoms with E-state index in [0.29, 0.717) is 6.54 Å². The molecule has 0 spiro atoms. The molecule has 0 atom stereocenters. The minimum absolute atomic E-state index is 0.539. The molecular weight excluding hydrogens is 212 g/mol. The summed E-state index contributed by atoms with van der Waals surface area (Å²) in [5, 5.41) is 0. The highest BCUT2D eigenvalue weighted by Gasteiger charge is 2.05. The van der Waals surface area contributed by atoms with Gasteiger partial charge in [-0.3, -0.25) is 4.98 Å². The van der Waals surface area contributed by atoms with Crippen LogP contribution >= 0.6 is 0 Å². The molecule has 3 aromatic rings. The number of nitrogens with two attached hydrogens (primary N) is 1. The zero-order valence-electron chi connectivity index (χ0n) is 9.22. The summed E-state index contributed by atoms with van der Waals surface area (Å²) in [6.07, 6.45) is 3.54. The van der Waals surface area contributed by atoms with Gasteiger partial charge in [-0.05, 0) is 29.8 Å². The predicted octanol–water partition coefficient (Wildman–Crippen LogP) is 2.08. The van der Waals surface area contributed by atoms with Crippen LogP contribution in [0.1, 0.15) is 5.56 Å². The van der Waals surface area contributed by atoms with Crippen LogP contribution in [0, 0.1) is 0 Å². The Kier molecular flexibility index (Phi) is 2.34. The van der Waals surface area contributed by atoms with E-state index in [9.17, 15) is 0 Å². The second kappa shape index (κ2) is 3.99. The van der Waals surface area contributed by atoms with Crippen LogP contribution < -0.4 is 5.73 Å². The molecule has 4 nitrogen and oxygen atoms in total. The number of nitrogens with one attached hydrogen (secondary N) is 1. The van der Waals surface area contributed by atoms with Gasteiger partial charge in [-0.1, -0.05) is 6.07 Å². The third kappa shape index (κ3) is 1.79. The molecule has 0 radical (unpaired) electrons. The number of nitrogens with zero attached hydrogens (tertiary/aromatic N) is 2. The first-order valence-electron chi connectivity index (χ1n) is 5.46. The van der Waals surface area contributed by atoms with Gasteiger partial charge in [0.2, 0.25) is 0 Å². The fourth-order valence-electron chi connectivity index (χ4n) is 1.82. The van der Waals surface area contributed by atoms with Crippen LogP contribution in [0.3, 0.4) is 0 Å². The number of benzene rings is 1. The molecule has 2 heterocycles.